The van der Waals surface area contributed by atoms with E-state index in [2.05, 4.69) is 35.9 Å². The van der Waals surface area contributed by atoms with Crippen molar-refractivity contribution >= 4 is 17.7 Å². The molecule has 1 heterocycles. The maximum absolute atomic E-state index is 12.9. The second kappa shape index (κ2) is 10.5. The summed E-state index contributed by atoms with van der Waals surface area (Å²) in [6.45, 7) is 10.0. The van der Waals surface area contributed by atoms with Crippen molar-refractivity contribution in [3.8, 4) is 0 Å². The van der Waals surface area contributed by atoms with E-state index in [0.717, 1.165) is 35.7 Å². The first-order valence-corrected chi connectivity index (χ1v) is 10.5. The monoisotopic (exact) mass is 391 g/mol. The molecule has 148 valence electrons. The van der Waals surface area contributed by atoms with Gasteiger partial charge in [-0.2, -0.15) is 5.10 Å². The van der Waals surface area contributed by atoms with E-state index in [1.165, 1.54) is 23.4 Å². The Labute approximate surface area is 165 Å². The third-order valence-corrected chi connectivity index (χ3v) is 5.50. The molecule has 1 aromatic heterocycles. The van der Waals surface area contributed by atoms with Gasteiger partial charge in [0.1, 0.15) is 5.82 Å². The van der Waals surface area contributed by atoms with Crippen molar-refractivity contribution in [2.45, 2.75) is 58.4 Å². The molecule has 0 unspecified atom stereocenters. The lowest BCUT2D eigenvalue weighted by molar-refractivity contribution is -0.121. The van der Waals surface area contributed by atoms with Crippen LogP contribution in [0.1, 0.15) is 43.6 Å². The molecular weight excluding hydrogens is 361 g/mol. The zero-order chi connectivity index (χ0) is 19.8. The van der Waals surface area contributed by atoms with E-state index in [1.807, 2.05) is 6.92 Å². The average Bonchev–Trinajstić information content (AvgIpc) is 2.87. The van der Waals surface area contributed by atoms with Crippen LogP contribution in [0.2, 0.25) is 0 Å². The maximum Gasteiger partial charge on any atom is 0.220 e. The number of carbonyl (C=O) groups is 1. The molecule has 0 aliphatic carbocycles. The molecule has 1 amide bonds. The van der Waals surface area contributed by atoms with Crippen LogP contribution < -0.4 is 5.32 Å². The minimum Gasteiger partial charge on any atom is -0.356 e. The number of nitrogens with one attached hydrogen (secondary N) is 1. The molecule has 27 heavy (non-hydrogen) atoms. The first-order valence-electron chi connectivity index (χ1n) is 9.54. The Hall–Kier alpha value is -1.82. The van der Waals surface area contributed by atoms with Gasteiger partial charge in [0.15, 0.2) is 0 Å². The Morgan fingerprint density at radius 3 is 2.63 bits per heavy atom. The van der Waals surface area contributed by atoms with E-state index in [4.69, 9.17) is 0 Å². The van der Waals surface area contributed by atoms with Crippen LogP contribution in [0, 0.1) is 25.6 Å². The summed E-state index contributed by atoms with van der Waals surface area (Å²) in [5, 5.41) is 7.59. The molecular formula is C21H30FN3OS. The number of rotatable bonds is 10. The van der Waals surface area contributed by atoms with Gasteiger partial charge in [-0.3, -0.25) is 9.48 Å². The van der Waals surface area contributed by atoms with Gasteiger partial charge in [0.25, 0.3) is 0 Å². The number of carbonyl (C=O) groups excluding carboxylic acids is 1. The van der Waals surface area contributed by atoms with Crippen molar-refractivity contribution in [2.75, 3.05) is 12.3 Å². The van der Waals surface area contributed by atoms with Crippen LogP contribution in [0.4, 0.5) is 4.39 Å². The highest BCUT2D eigenvalue weighted by molar-refractivity contribution is 7.99. The van der Waals surface area contributed by atoms with Gasteiger partial charge < -0.3 is 5.32 Å². The predicted octanol–water partition coefficient (Wildman–Crippen LogP) is 4.53. The zero-order valence-electron chi connectivity index (χ0n) is 16.7. The van der Waals surface area contributed by atoms with E-state index in [-0.39, 0.29) is 11.7 Å². The lowest BCUT2D eigenvalue weighted by Gasteiger charge is -2.08. The molecule has 0 spiro atoms. The molecule has 6 heteroatoms. The smallest absolute Gasteiger partial charge is 0.220 e. The van der Waals surface area contributed by atoms with Crippen molar-refractivity contribution in [3.05, 3.63) is 47.0 Å². The number of thioether (sulfide) groups is 1. The maximum atomic E-state index is 12.9. The molecule has 2 rings (SSSR count). The van der Waals surface area contributed by atoms with Crippen LogP contribution in [0.3, 0.4) is 0 Å². The standard InChI is InChI=1S/C21H30FN3OS/c1-15(2)14-25-17(4)20(16(3)24-25)10-11-21(26)23-12-5-13-27-19-8-6-18(22)7-9-19/h6-9,15H,5,10-14H2,1-4H3,(H,23,26). The lowest BCUT2D eigenvalue weighted by atomic mass is 10.1. The second-order valence-electron chi connectivity index (χ2n) is 7.23. The largest absolute Gasteiger partial charge is 0.356 e. The average molecular weight is 392 g/mol. The van der Waals surface area contributed by atoms with Gasteiger partial charge in [0.05, 0.1) is 5.69 Å². The molecule has 0 aliphatic rings. The fourth-order valence-corrected chi connectivity index (χ4v) is 3.82. The predicted molar refractivity (Wildman–Crippen MR) is 110 cm³/mol. The van der Waals surface area contributed by atoms with Crippen LogP contribution in [0.5, 0.6) is 0 Å². The molecule has 0 radical (unpaired) electrons. The number of halogens is 1. The Kier molecular flexibility index (Phi) is 8.35. The van der Waals surface area contributed by atoms with Crippen molar-refractivity contribution in [1.29, 1.82) is 0 Å². The molecule has 2 aromatic rings. The number of amides is 1. The molecule has 1 N–H and O–H groups in total. The van der Waals surface area contributed by atoms with Gasteiger partial charge in [0.2, 0.25) is 5.91 Å². The van der Waals surface area contributed by atoms with Crippen molar-refractivity contribution in [1.82, 2.24) is 15.1 Å². The number of aryl methyl sites for hydroxylation is 1. The second-order valence-corrected chi connectivity index (χ2v) is 8.40. The lowest BCUT2D eigenvalue weighted by Crippen LogP contribution is -2.25. The van der Waals surface area contributed by atoms with E-state index in [0.29, 0.717) is 18.9 Å². The molecule has 0 saturated heterocycles. The summed E-state index contributed by atoms with van der Waals surface area (Å²) in [4.78, 5) is 13.2. The first-order chi connectivity index (χ1) is 12.9. The van der Waals surface area contributed by atoms with Crippen LogP contribution in [-0.4, -0.2) is 28.0 Å². The van der Waals surface area contributed by atoms with Gasteiger partial charge in [0, 0.05) is 30.1 Å². The minimum atomic E-state index is -0.216. The van der Waals surface area contributed by atoms with Crippen molar-refractivity contribution < 1.29 is 9.18 Å². The number of hydrogen-bond acceptors (Lipinski definition) is 3. The van der Waals surface area contributed by atoms with E-state index >= 15 is 0 Å². The Morgan fingerprint density at radius 2 is 1.96 bits per heavy atom. The Morgan fingerprint density at radius 1 is 1.26 bits per heavy atom. The summed E-state index contributed by atoms with van der Waals surface area (Å²) in [5.74, 6) is 1.31. The number of aromatic nitrogens is 2. The normalized spacial score (nSPS) is 11.2. The quantitative estimate of drug-likeness (QED) is 0.478. The molecule has 0 saturated carbocycles. The molecule has 0 bridgehead atoms. The summed E-state index contributed by atoms with van der Waals surface area (Å²) < 4.78 is 14.9. The highest BCUT2D eigenvalue weighted by Gasteiger charge is 2.13. The zero-order valence-corrected chi connectivity index (χ0v) is 17.5. The van der Waals surface area contributed by atoms with Crippen LogP contribution in [-0.2, 0) is 17.8 Å². The topological polar surface area (TPSA) is 46.9 Å². The Bertz CT molecular complexity index is 741. The third kappa shape index (κ3) is 7.01. The minimum absolute atomic E-state index is 0.0807. The van der Waals surface area contributed by atoms with Crippen LogP contribution >= 0.6 is 11.8 Å². The molecule has 0 aliphatic heterocycles. The summed E-state index contributed by atoms with van der Waals surface area (Å²) in [5.41, 5.74) is 3.39. The van der Waals surface area contributed by atoms with Crippen molar-refractivity contribution in [2.24, 2.45) is 5.92 Å². The Balaban J connectivity index is 1.67. The molecule has 4 nitrogen and oxygen atoms in total. The summed E-state index contributed by atoms with van der Waals surface area (Å²) >= 11 is 1.67. The number of benzene rings is 1. The molecule has 0 fully saturated rings. The highest BCUT2D eigenvalue weighted by atomic mass is 32.2. The van der Waals surface area contributed by atoms with E-state index in [9.17, 15) is 9.18 Å². The number of hydrogen-bond donors (Lipinski definition) is 1. The number of nitrogens with zero attached hydrogens (tertiary/aromatic N) is 2. The highest BCUT2D eigenvalue weighted by Crippen LogP contribution is 2.19. The van der Waals surface area contributed by atoms with Gasteiger partial charge in [-0.1, -0.05) is 13.8 Å². The van der Waals surface area contributed by atoms with Gasteiger partial charge in [-0.25, -0.2) is 4.39 Å². The van der Waals surface area contributed by atoms with Gasteiger partial charge in [-0.15, -0.1) is 11.8 Å². The fourth-order valence-electron chi connectivity index (χ4n) is 2.97. The summed E-state index contributed by atoms with van der Waals surface area (Å²) in [6, 6.07) is 6.50. The third-order valence-electron chi connectivity index (χ3n) is 4.40. The van der Waals surface area contributed by atoms with Crippen LogP contribution in [0.15, 0.2) is 29.2 Å². The van der Waals surface area contributed by atoms with E-state index < -0.39 is 0 Å². The van der Waals surface area contributed by atoms with Gasteiger partial charge in [-0.05, 0) is 68.2 Å². The fraction of sp³-hybridized carbons (Fsp3) is 0.524. The summed E-state index contributed by atoms with van der Waals surface area (Å²) in [7, 11) is 0. The summed E-state index contributed by atoms with van der Waals surface area (Å²) in [6.07, 6.45) is 2.10. The SMILES string of the molecule is Cc1nn(CC(C)C)c(C)c1CCC(=O)NCCCSc1ccc(F)cc1. The molecule has 1 aromatic carbocycles. The van der Waals surface area contributed by atoms with Crippen LogP contribution in [0.25, 0.3) is 0 Å². The van der Waals surface area contributed by atoms with E-state index in [1.54, 1.807) is 23.9 Å². The first kappa shape index (κ1) is 21.5. The van der Waals surface area contributed by atoms with Gasteiger partial charge >= 0.3 is 0 Å². The molecule has 0 atom stereocenters. The van der Waals surface area contributed by atoms with Crippen molar-refractivity contribution in [3.63, 3.8) is 0 Å².